The van der Waals surface area contributed by atoms with Crippen LogP contribution in [0.4, 0.5) is 0 Å². The van der Waals surface area contributed by atoms with Crippen LogP contribution >= 0.6 is 61.3 Å². The molecule has 9 heteroatoms. The number of fused-ring (bicyclic) bond motifs is 1. The van der Waals surface area contributed by atoms with Crippen LogP contribution in [0.5, 0.6) is 0 Å². The summed E-state index contributed by atoms with van der Waals surface area (Å²) in [6, 6.07) is 17.4. The van der Waals surface area contributed by atoms with Gasteiger partial charge in [-0.25, -0.2) is 0 Å². The van der Waals surface area contributed by atoms with Crippen molar-refractivity contribution in [1.29, 1.82) is 0 Å². The summed E-state index contributed by atoms with van der Waals surface area (Å²) in [6.07, 6.45) is 29.6. The standard InChI is InChI=1S/C54H75BrN2O2S4/c1-5-9-13-17-19-23-28-40(26-21-15-11-7-3)38-56-51(46-34-33-45(62-46)44-32-31-43(61-44)42-30-25-37-60-42)49-50(54(56)59)52(47-35-36-48(55)63-47)57(53(49)58)39-41(27-22-16-12-8-4)29-24-20-18-14-10-6-2/h25,30-37,40-41H,5-24,26-29,38-39H2,1-4H3. The third-order valence-corrected chi connectivity index (χ3v) is 18.3. The molecule has 0 saturated carbocycles. The molecule has 63 heavy (non-hydrogen) atoms. The van der Waals surface area contributed by atoms with Crippen LogP contribution in [-0.4, -0.2) is 34.7 Å². The molecule has 0 fully saturated rings. The zero-order valence-electron chi connectivity index (χ0n) is 39.0. The van der Waals surface area contributed by atoms with E-state index in [9.17, 15) is 0 Å². The molecule has 4 nitrogen and oxygen atoms in total. The van der Waals surface area contributed by atoms with Crippen LogP contribution in [-0.2, 0) is 9.59 Å². The summed E-state index contributed by atoms with van der Waals surface area (Å²) >= 11 is 10.8. The number of amides is 2. The summed E-state index contributed by atoms with van der Waals surface area (Å²) in [4.78, 5) is 42.2. The molecule has 344 valence electrons. The largest absolute Gasteiger partial charge is 0.306 e. The second kappa shape index (κ2) is 26.7. The molecule has 2 unspecified atom stereocenters. The molecule has 0 aromatic carbocycles. The summed E-state index contributed by atoms with van der Waals surface area (Å²) in [5.41, 5.74) is 3.00. The number of nitrogens with zero attached hydrogens (tertiary/aromatic N) is 2. The van der Waals surface area contributed by atoms with E-state index in [2.05, 4.69) is 107 Å². The number of rotatable bonds is 32. The molecule has 4 aromatic rings. The highest BCUT2D eigenvalue weighted by Crippen LogP contribution is 2.51. The van der Waals surface area contributed by atoms with E-state index in [4.69, 9.17) is 0 Å². The van der Waals surface area contributed by atoms with E-state index in [1.165, 1.54) is 148 Å². The maximum absolute atomic E-state index is 15.5. The molecule has 4 aromatic heterocycles. The molecule has 0 radical (unpaired) electrons. The highest BCUT2D eigenvalue weighted by molar-refractivity contribution is 9.11. The minimum Gasteiger partial charge on any atom is -0.306 e. The Morgan fingerprint density at radius 1 is 0.444 bits per heavy atom. The second-order valence-electron chi connectivity index (χ2n) is 18.2. The highest BCUT2D eigenvalue weighted by atomic mass is 79.9. The Labute approximate surface area is 405 Å². The van der Waals surface area contributed by atoms with Crippen LogP contribution in [0, 0.1) is 11.8 Å². The molecular weight excluding hydrogens is 917 g/mol. The summed E-state index contributed by atoms with van der Waals surface area (Å²) in [6.45, 7) is 10.5. The van der Waals surface area contributed by atoms with Crippen LogP contribution in [0.15, 0.2) is 68.8 Å². The summed E-state index contributed by atoms with van der Waals surface area (Å²) in [5, 5.41) is 2.14. The molecule has 6 rings (SSSR count). The Balaban J connectivity index is 1.38. The van der Waals surface area contributed by atoms with E-state index in [-0.39, 0.29) is 11.8 Å². The third kappa shape index (κ3) is 13.9. The number of hydrogen-bond acceptors (Lipinski definition) is 6. The monoisotopic (exact) mass is 990 g/mol. The van der Waals surface area contributed by atoms with Gasteiger partial charge in [0.15, 0.2) is 0 Å². The molecule has 0 N–H and O–H groups in total. The van der Waals surface area contributed by atoms with Crippen LogP contribution in [0.2, 0.25) is 0 Å². The van der Waals surface area contributed by atoms with Gasteiger partial charge >= 0.3 is 0 Å². The van der Waals surface area contributed by atoms with Gasteiger partial charge in [-0.3, -0.25) is 9.59 Å². The number of thiophene rings is 4. The van der Waals surface area contributed by atoms with Gasteiger partial charge in [-0.2, -0.15) is 0 Å². The van der Waals surface area contributed by atoms with Crippen molar-refractivity contribution in [2.75, 3.05) is 13.1 Å². The van der Waals surface area contributed by atoms with Gasteiger partial charge in [0.1, 0.15) is 0 Å². The van der Waals surface area contributed by atoms with Crippen LogP contribution in [0.1, 0.15) is 192 Å². The van der Waals surface area contributed by atoms with Crippen molar-refractivity contribution in [3.8, 4) is 19.5 Å². The number of halogens is 1. The van der Waals surface area contributed by atoms with Crippen molar-refractivity contribution in [2.45, 2.75) is 182 Å². The number of carbonyl (C=O) groups is 2. The molecule has 2 aliphatic rings. The first-order chi connectivity index (χ1) is 30.9. The van der Waals surface area contributed by atoms with E-state index in [1.54, 1.807) is 34.0 Å². The Hall–Kier alpha value is -2.30. The lowest BCUT2D eigenvalue weighted by Gasteiger charge is -2.29. The van der Waals surface area contributed by atoms with E-state index in [0.29, 0.717) is 36.1 Å². The summed E-state index contributed by atoms with van der Waals surface area (Å²) in [7, 11) is 0. The van der Waals surface area contributed by atoms with Crippen molar-refractivity contribution in [3.05, 3.63) is 78.6 Å². The molecule has 0 aliphatic carbocycles. The number of hydrogen-bond donors (Lipinski definition) is 0. The molecule has 6 heterocycles. The van der Waals surface area contributed by atoms with E-state index in [0.717, 1.165) is 50.6 Å². The molecule has 2 atom stereocenters. The quantitative estimate of drug-likeness (QED) is 0.0458. The Morgan fingerprint density at radius 2 is 0.810 bits per heavy atom. The minimum atomic E-state index is 0.0263. The van der Waals surface area contributed by atoms with Gasteiger partial charge in [-0.05, 0) is 101 Å². The molecule has 0 spiro atoms. The Kier molecular flexibility index (Phi) is 21.3. The summed E-state index contributed by atoms with van der Waals surface area (Å²) in [5.74, 6) is 0.851. The molecule has 2 aliphatic heterocycles. The molecule has 0 bridgehead atoms. The average Bonchev–Trinajstić information content (AvgIpc) is 4.16. The van der Waals surface area contributed by atoms with Crippen molar-refractivity contribution in [2.24, 2.45) is 11.8 Å². The van der Waals surface area contributed by atoms with Gasteiger partial charge in [-0.15, -0.1) is 45.3 Å². The van der Waals surface area contributed by atoms with Gasteiger partial charge in [0, 0.05) is 32.6 Å². The molecule has 0 saturated heterocycles. The second-order valence-corrected chi connectivity index (χ2v) is 23.8. The lowest BCUT2D eigenvalue weighted by Crippen LogP contribution is -2.34. The first-order valence-electron chi connectivity index (χ1n) is 25.0. The van der Waals surface area contributed by atoms with Gasteiger partial charge < -0.3 is 9.80 Å². The van der Waals surface area contributed by atoms with Gasteiger partial charge in [0.05, 0.1) is 36.1 Å². The summed E-state index contributed by atoms with van der Waals surface area (Å²) < 4.78 is 1.02. The van der Waals surface area contributed by atoms with E-state index in [1.807, 2.05) is 11.3 Å². The smallest absolute Gasteiger partial charge is 0.261 e. The SMILES string of the molecule is CCCCCCCCC(CCCCCC)CN1C(=O)C2=C(c3ccc(-c4ccc(-c5cccs5)s4)s3)N(CC(CCCCCC)CCCCCCCC)C(=O)C2=C1c1ccc(Br)s1. The highest BCUT2D eigenvalue weighted by Gasteiger charge is 2.50. The Bertz CT molecular complexity index is 2050. The zero-order valence-corrected chi connectivity index (χ0v) is 43.8. The van der Waals surface area contributed by atoms with Crippen LogP contribution in [0.3, 0.4) is 0 Å². The van der Waals surface area contributed by atoms with Gasteiger partial charge in [-0.1, -0.05) is 162 Å². The van der Waals surface area contributed by atoms with Gasteiger partial charge in [0.25, 0.3) is 11.8 Å². The van der Waals surface area contributed by atoms with Gasteiger partial charge in [0.2, 0.25) is 0 Å². The predicted molar refractivity (Wildman–Crippen MR) is 281 cm³/mol. The lowest BCUT2D eigenvalue weighted by atomic mass is 9.93. The number of carbonyl (C=O) groups excluding carboxylic acids is 2. The fraction of sp³-hybridized carbons (Fsp3) is 0.593. The predicted octanol–water partition coefficient (Wildman–Crippen LogP) is 18.5. The first kappa shape index (κ1) is 50.1. The fourth-order valence-electron chi connectivity index (χ4n) is 9.63. The Morgan fingerprint density at radius 3 is 1.22 bits per heavy atom. The first-order valence-corrected chi connectivity index (χ1v) is 29.1. The third-order valence-electron chi connectivity index (χ3n) is 13.2. The van der Waals surface area contributed by atoms with Crippen LogP contribution < -0.4 is 0 Å². The normalized spacial score (nSPS) is 15.2. The van der Waals surface area contributed by atoms with Crippen molar-refractivity contribution < 1.29 is 9.59 Å². The zero-order chi connectivity index (χ0) is 44.4. The number of unbranched alkanes of at least 4 members (excludes halogenated alkanes) is 16. The maximum Gasteiger partial charge on any atom is 0.261 e. The van der Waals surface area contributed by atoms with Crippen molar-refractivity contribution in [1.82, 2.24) is 9.80 Å². The van der Waals surface area contributed by atoms with E-state index < -0.39 is 0 Å². The van der Waals surface area contributed by atoms with E-state index >= 15 is 9.59 Å². The molecule has 2 amide bonds. The lowest BCUT2D eigenvalue weighted by molar-refractivity contribution is -0.124. The molecular formula is C54H75BrN2O2S4. The van der Waals surface area contributed by atoms with Crippen LogP contribution in [0.25, 0.3) is 30.9 Å². The average molecular weight is 992 g/mol. The minimum absolute atomic E-state index is 0.0263. The topological polar surface area (TPSA) is 40.6 Å². The maximum atomic E-state index is 15.5. The van der Waals surface area contributed by atoms with Crippen molar-refractivity contribution in [3.63, 3.8) is 0 Å². The van der Waals surface area contributed by atoms with Crippen molar-refractivity contribution >= 4 is 84.5 Å². The fourth-order valence-corrected chi connectivity index (χ4v) is 14.1.